The van der Waals surface area contributed by atoms with E-state index in [0.29, 0.717) is 0 Å². The first-order chi connectivity index (χ1) is 4.88. The number of nitrogens with one attached hydrogen (secondary N) is 1. The number of aryl methyl sites for hydroxylation is 1. The predicted octanol–water partition coefficient (Wildman–Crippen LogP) is 0.859. The Morgan fingerprint density at radius 1 is 1.70 bits per heavy atom. The standard InChI is InChI=1S/C7H9N3/c1-10-5-9-7-6(10)3-2-4-8-7/h2-3,5,8H,4H2,1H3. The average Bonchev–Trinajstić information content (AvgIpc) is 2.34. The average molecular weight is 135 g/mol. The fourth-order valence-electron chi connectivity index (χ4n) is 1.10. The third kappa shape index (κ3) is 0.635. The Balaban J connectivity index is 2.57. The summed E-state index contributed by atoms with van der Waals surface area (Å²) in [4.78, 5) is 4.16. The van der Waals surface area contributed by atoms with Crippen LogP contribution in [0, 0.1) is 0 Å². The second kappa shape index (κ2) is 1.87. The molecule has 0 spiro atoms. The van der Waals surface area contributed by atoms with E-state index in [1.54, 1.807) is 0 Å². The van der Waals surface area contributed by atoms with E-state index in [4.69, 9.17) is 0 Å². The third-order valence-electron chi connectivity index (χ3n) is 1.65. The van der Waals surface area contributed by atoms with Gasteiger partial charge < -0.3 is 9.88 Å². The molecular formula is C7H9N3. The molecule has 1 aliphatic rings. The van der Waals surface area contributed by atoms with Crippen LogP contribution in [0.4, 0.5) is 5.82 Å². The number of hydrogen-bond acceptors (Lipinski definition) is 2. The van der Waals surface area contributed by atoms with Crippen LogP contribution in [0.15, 0.2) is 12.4 Å². The van der Waals surface area contributed by atoms with Gasteiger partial charge in [0, 0.05) is 13.6 Å². The van der Waals surface area contributed by atoms with E-state index in [2.05, 4.69) is 22.5 Å². The highest BCUT2D eigenvalue weighted by molar-refractivity contribution is 5.63. The van der Waals surface area contributed by atoms with E-state index in [9.17, 15) is 0 Å². The van der Waals surface area contributed by atoms with Gasteiger partial charge in [-0.25, -0.2) is 4.98 Å². The van der Waals surface area contributed by atoms with E-state index in [-0.39, 0.29) is 0 Å². The van der Waals surface area contributed by atoms with Gasteiger partial charge in [0.2, 0.25) is 0 Å². The number of rotatable bonds is 0. The fraction of sp³-hybridized carbons (Fsp3) is 0.286. The third-order valence-corrected chi connectivity index (χ3v) is 1.65. The van der Waals surface area contributed by atoms with Crippen molar-refractivity contribution in [2.75, 3.05) is 11.9 Å². The Morgan fingerprint density at radius 3 is 3.40 bits per heavy atom. The molecular weight excluding hydrogens is 126 g/mol. The van der Waals surface area contributed by atoms with E-state index in [1.807, 2.05) is 17.9 Å². The summed E-state index contributed by atoms with van der Waals surface area (Å²) in [5.41, 5.74) is 1.16. The minimum atomic E-state index is 0.893. The van der Waals surface area contributed by atoms with Gasteiger partial charge in [-0.15, -0.1) is 0 Å². The maximum atomic E-state index is 4.16. The summed E-state index contributed by atoms with van der Waals surface area (Å²) in [5.74, 6) is 0.991. The molecule has 3 heteroatoms. The lowest BCUT2D eigenvalue weighted by molar-refractivity contribution is 0.901. The lowest BCUT2D eigenvalue weighted by Crippen LogP contribution is -2.05. The van der Waals surface area contributed by atoms with Crippen molar-refractivity contribution in [2.45, 2.75) is 0 Å². The first kappa shape index (κ1) is 5.53. The van der Waals surface area contributed by atoms with Gasteiger partial charge in [0.05, 0.1) is 12.0 Å². The maximum absolute atomic E-state index is 4.16. The number of imidazole rings is 1. The van der Waals surface area contributed by atoms with E-state index in [0.717, 1.165) is 18.1 Å². The Labute approximate surface area is 59.4 Å². The van der Waals surface area contributed by atoms with Crippen LogP contribution in [-0.2, 0) is 7.05 Å². The monoisotopic (exact) mass is 135 g/mol. The molecule has 0 aliphatic carbocycles. The molecule has 0 saturated heterocycles. The first-order valence-corrected chi connectivity index (χ1v) is 3.29. The second-order valence-electron chi connectivity index (χ2n) is 2.37. The molecule has 1 aliphatic heterocycles. The van der Waals surface area contributed by atoms with Crippen molar-refractivity contribution < 1.29 is 0 Å². The number of anilines is 1. The molecule has 10 heavy (non-hydrogen) atoms. The topological polar surface area (TPSA) is 29.9 Å². The van der Waals surface area contributed by atoms with Crippen LogP contribution in [0.3, 0.4) is 0 Å². The van der Waals surface area contributed by atoms with Gasteiger partial charge in [0.15, 0.2) is 5.82 Å². The molecule has 0 unspecified atom stereocenters. The largest absolute Gasteiger partial charge is 0.365 e. The van der Waals surface area contributed by atoms with Crippen molar-refractivity contribution >= 4 is 11.9 Å². The summed E-state index contributed by atoms with van der Waals surface area (Å²) in [7, 11) is 1.99. The van der Waals surface area contributed by atoms with E-state index < -0.39 is 0 Å². The highest BCUT2D eigenvalue weighted by Crippen LogP contribution is 2.16. The summed E-state index contributed by atoms with van der Waals surface area (Å²) in [6.07, 6.45) is 5.98. The number of nitrogens with zero attached hydrogens (tertiary/aromatic N) is 2. The summed E-state index contributed by atoms with van der Waals surface area (Å²) in [6.45, 7) is 0.893. The van der Waals surface area contributed by atoms with Gasteiger partial charge in [-0.05, 0) is 6.08 Å². The molecule has 0 amide bonds. The molecule has 0 bridgehead atoms. The molecule has 0 fully saturated rings. The molecule has 2 heterocycles. The minimum absolute atomic E-state index is 0.893. The summed E-state index contributed by atoms with van der Waals surface area (Å²) >= 11 is 0. The fourth-order valence-corrected chi connectivity index (χ4v) is 1.10. The van der Waals surface area contributed by atoms with Gasteiger partial charge in [-0.1, -0.05) is 6.08 Å². The molecule has 3 nitrogen and oxygen atoms in total. The van der Waals surface area contributed by atoms with Crippen LogP contribution < -0.4 is 5.32 Å². The van der Waals surface area contributed by atoms with Crippen molar-refractivity contribution in [3.63, 3.8) is 0 Å². The predicted molar refractivity (Wildman–Crippen MR) is 40.7 cm³/mol. The second-order valence-corrected chi connectivity index (χ2v) is 2.37. The lowest BCUT2D eigenvalue weighted by Gasteiger charge is -2.06. The molecule has 1 aromatic rings. The van der Waals surface area contributed by atoms with Gasteiger partial charge in [-0.2, -0.15) is 0 Å². The van der Waals surface area contributed by atoms with Crippen molar-refractivity contribution in [3.8, 4) is 0 Å². The Bertz CT molecular complexity index is 272. The minimum Gasteiger partial charge on any atom is -0.365 e. The van der Waals surface area contributed by atoms with Crippen LogP contribution in [0.2, 0.25) is 0 Å². The van der Waals surface area contributed by atoms with Gasteiger partial charge in [-0.3, -0.25) is 0 Å². The number of hydrogen-bond donors (Lipinski definition) is 1. The van der Waals surface area contributed by atoms with Gasteiger partial charge in [0.25, 0.3) is 0 Å². The zero-order valence-electron chi connectivity index (χ0n) is 5.83. The van der Waals surface area contributed by atoms with Crippen LogP contribution in [0.25, 0.3) is 6.08 Å². The highest BCUT2D eigenvalue weighted by Gasteiger charge is 2.06. The quantitative estimate of drug-likeness (QED) is 0.571. The van der Waals surface area contributed by atoms with Crippen LogP contribution in [-0.4, -0.2) is 16.1 Å². The van der Waals surface area contributed by atoms with Crippen LogP contribution >= 0.6 is 0 Å². The van der Waals surface area contributed by atoms with Crippen molar-refractivity contribution in [3.05, 3.63) is 18.1 Å². The Morgan fingerprint density at radius 2 is 2.60 bits per heavy atom. The summed E-state index contributed by atoms with van der Waals surface area (Å²) in [6, 6.07) is 0. The zero-order chi connectivity index (χ0) is 6.97. The highest BCUT2D eigenvalue weighted by atomic mass is 15.1. The van der Waals surface area contributed by atoms with Crippen molar-refractivity contribution in [2.24, 2.45) is 7.05 Å². The molecule has 1 N–H and O–H groups in total. The van der Waals surface area contributed by atoms with Crippen LogP contribution in [0.1, 0.15) is 5.69 Å². The molecule has 2 rings (SSSR count). The van der Waals surface area contributed by atoms with Crippen LogP contribution in [0.5, 0.6) is 0 Å². The van der Waals surface area contributed by atoms with E-state index in [1.165, 1.54) is 0 Å². The summed E-state index contributed by atoms with van der Waals surface area (Å²) in [5, 5.41) is 3.16. The number of fused-ring (bicyclic) bond motifs is 1. The SMILES string of the molecule is Cn1cnc2c1C=CCN2. The Hall–Kier alpha value is -1.25. The molecule has 0 saturated carbocycles. The summed E-state index contributed by atoms with van der Waals surface area (Å²) < 4.78 is 2.00. The molecule has 0 aromatic carbocycles. The molecule has 1 aromatic heterocycles. The smallest absolute Gasteiger partial charge is 0.151 e. The molecule has 52 valence electrons. The van der Waals surface area contributed by atoms with Crippen molar-refractivity contribution in [1.29, 1.82) is 0 Å². The molecule has 0 atom stereocenters. The van der Waals surface area contributed by atoms with E-state index >= 15 is 0 Å². The van der Waals surface area contributed by atoms with Gasteiger partial charge >= 0.3 is 0 Å². The normalized spacial score (nSPS) is 14.5. The van der Waals surface area contributed by atoms with Crippen molar-refractivity contribution in [1.82, 2.24) is 9.55 Å². The first-order valence-electron chi connectivity index (χ1n) is 3.29. The lowest BCUT2D eigenvalue weighted by atomic mass is 10.3. The Kier molecular flexibility index (Phi) is 1.03. The van der Waals surface area contributed by atoms with Gasteiger partial charge in [0.1, 0.15) is 0 Å². The maximum Gasteiger partial charge on any atom is 0.151 e. The molecule has 0 radical (unpaired) electrons. The zero-order valence-corrected chi connectivity index (χ0v) is 5.83. The number of aromatic nitrogens is 2.